The quantitative estimate of drug-likeness (QED) is 0.645. The molecule has 0 aliphatic carbocycles. The van der Waals surface area contributed by atoms with E-state index in [2.05, 4.69) is 4.98 Å². The Kier molecular flexibility index (Phi) is 4.47. The largest absolute Gasteiger partial charge is 0.330 e. The minimum atomic E-state index is -0.384. The number of rotatable bonds is 6. The van der Waals surface area contributed by atoms with Crippen LogP contribution in [0.15, 0.2) is 36.7 Å². The Morgan fingerprint density at radius 3 is 3.00 bits per heavy atom. The first-order valence-electron chi connectivity index (χ1n) is 6.59. The molecular formula is C14H18N4O2. The summed E-state index contributed by atoms with van der Waals surface area (Å²) >= 11 is 0. The Balaban J connectivity index is 2.16. The van der Waals surface area contributed by atoms with E-state index >= 15 is 0 Å². The number of benzene rings is 1. The first-order chi connectivity index (χ1) is 9.60. The summed E-state index contributed by atoms with van der Waals surface area (Å²) in [6, 6.07) is 6.73. The number of nitrogens with zero attached hydrogens (tertiary/aromatic N) is 3. The second kappa shape index (κ2) is 6.29. The lowest BCUT2D eigenvalue weighted by atomic mass is 10.1. The molecule has 0 spiro atoms. The molecule has 0 bridgehead atoms. The molecule has 1 atom stereocenters. The van der Waals surface area contributed by atoms with Crippen molar-refractivity contribution in [3.8, 4) is 0 Å². The van der Waals surface area contributed by atoms with Gasteiger partial charge in [-0.05, 0) is 12.0 Å². The highest BCUT2D eigenvalue weighted by Gasteiger charge is 2.10. The van der Waals surface area contributed by atoms with Crippen LogP contribution in [0, 0.1) is 10.1 Å². The summed E-state index contributed by atoms with van der Waals surface area (Å²) in [5.41, 5.74) is 6.93. The van der Waals surface area contributed by atoms with Crippen LogP contribution in [-0.2, 0) is 13.0 Å². The van der Waals surface area contributed by atoms with Crippen LogP contribution in [0.4, 0.5) is 5.69 Å². The van der Waals surface area contributed by atoms with Gasteiger partial charge in [0.15, 0.2) is 0 Å². The van der Waals surface area contributed by atoms with Gasteiger partial charge in [0.1, 0.15) is 5.82 Å². The molecule has 0 aliphatic heterocycles. The van der Waals surface area contributed by atoms with E-state index in [1.54, 1.807) is 18.3 Å². The third-order valence-electron chi connectivity index (χ3n) is 3.25. The summed E-state index contributed by atoms with van der Waals surface area (Å²) in [7, 11) is 0. The zero-order valence-corrected chi connectivity index (χ0v) is 11.4. The molecule has 2 aromatic rings. The van der Waals surface area contributed by atoms with Gasteiger partial charge < -0.3 is 10.3 Å². The van der Waals surface area contributed by atoms with Crippen molar-refractivity contribution in [1.82, 2.24) is 9.55 Å². The lowest BCUT2D eigenvalue weighted by Crippen LogP contribution is -2.23. The molecule has 2 rings (SSSR count). The first-order valence-corrected chi connectivity index (χ1v) is 6.59. The van der Waals surface area contributed by atoms with Gasteiger partial charge in [-0.3, -0.25) is 10.1 Å². The fourth-order valence-electron chi connectivity index (χ4n) is 2.02. The Morgan fingerprint density at radius 1 is 1.50 bits per heavy atom. The van der Waals surface area contributed by atoms with Crippen molar-refractivity contribution in [2.24, 2.45) is 5.73 Å². The fraction of sp³-hybridized carbons (Fsp3) is 0.357. The molecule has 1 unspecified atom stereocenters. The molecule has 1 aromatic carbocycles. The van der Waals surface area contributed by atoms with E-state index in [1.807, 2.05) is 23.8 Å². The summed E-state index contributed by atoms with van der Waals surface area (Å²) < 4.78 is 1.98. The van der Waals surface area contributed by atoms with E-state index in [0.29, 0.717) is 13.0 Å². The maximum Gasteiger partial charge on any atom is 0.269 e. The molecule has 1 aromatic heterocycles. The van der Waals surface area contributed by atoms with Gasteiger partial charge in [0.25, 0.3) is 5.69 Å². The number of nitro benzene ring substituents is 1. The van der Waals surface area contributed by atoms with Gasteiger partial charge in [0.05, 0.1) is 4.92 Å². The smallest absolute Gasteiger partial charge is 0.269 e. The van der Waals surface area contributed by atoms with E-state index in [9.17, 15) is 10.1 Å². The standard InChI is InChI=1S/C14H18N4O2/c1-2-12(15)9-14-16-6-7-17(14)10-11-4-3-5-13(8-11)18(19)20/h3-8,12H,2,9-10,15H2,1H3. The van der Waals surface area contributed by atoms with Gasteiger partial charge in [-0.1, -0.05) is 19.1 Å². The van der Waals surface area contributed by atoms with Crippen LogP contribution in [0.2, 0.25) is 0 Å². The molecule has 2 N–H and O–H groups in total. The monoisotopic (exact) mass is 274 g/mol. The number of aromatic nitrogens is 2. The van der Waals surface area contributed by atoms with Crippen LogP contribution in [0.25, 0.3) is 0 Å². The Hall–Kier alpha value is -2.21. The van der Waals surface area contributed by atoms with Crippen LogP contribution >= 0.6 is 0 Å². The molecule has 0 fully saturated rings. The number of hydrogen-bond donors (Lipinski definition) is 1. The molecule has 6 nitrogen and oxygen atoms in total. The predicted octanol–water partition coefficient (Wildman–Crippen LogP) is 2.12. The summed E-state index contributed by atoms with van der Waals surface area (Å²) in [6.45, 7) is 2.60. The maximum absolute atomic E-state index is 10.8. The lowest BCUT2D eigenvalue weighted by Gasteiger charge is -2.11. The minimum Gasteiger partial charge on any atom is -0.330 e. The SMILES string of the molecule is CCC(N)Cc1nccn1Cc1cccc([N+](=O)[O-])c1. The number of non-ortho nitro benzene ring substituents is 1. The Morgan fingerprint density at radius 2 is 2.30 bits per heavy atom. The highest BCUT2D eigenvalue weighted by molar-refractivity contribution is 5.34. The Labute approximate surface area is 117 Å². The zero-order chi connectivity index (χ0) is 14.5. The van der Waals surface area contributed by atoms with E-state index in [4.69, 9.17) is 5.73 Å². The average molecular weight is 274 g/mol. The minimum absolute atomic E-state index is 0.0845. The Bertz CT molecular complexity index is 594. The average Bonchev–Trinajstić information content (AvgIpc) is 2.86. The van der Waals surface area contributed by atoms with E-state index in [1.165, 1.54) is 6.07 Å². The summed E-state index contributed by atoms with van der Waals surface area (Å²) in [6.07, 6.45) is 5.20. The number of imidazole rings is 1. The molecule has 0 saturated carbocycles. The maximum atomic E-state index is 10.8. The zero-order valence-electron chi connectivity index (χ0n) is 11.4. The highest BCUT2D eigenvalue weighted by atomic mass is 16.6. The fourth-order valence-corrected chi connectivity index (χ4v) is 2.02. The number of nitrogens with two attached hydrogens (primary N) is 1. The number of nitro groups is 1. The molecule has 0 saturated heterocycles. The summed E-state index contributed by atoms with van der Waals surface area (Å²) in [5.74, 6) is 0.908. The van der Waals surface area contributed by atoms with Gasteiger partial charge in [-0.25, -0.2) is 4.98 Å². The van der Waals surface area contributed by atoms with Crippen molar-refractivity contribution in [2.75, 3.05) is 0 Å². The van der Waals surface area contributed by atoms with E-state index < -0.39 is 0 Å². The van der Waals surface area contributed by atoms with Crippen molar-refractivity contribution in [1.29, 1.82) is 0 Å². The van der Waals surface area contributed by atoms with Crippen LogP contribution in [0.3, 0.4) is 0 Å². The molecule has 20 heavy (non-hydrogen) atoms. The lowest BCUT2D eigenvalue weighted by molar-refractivity contribution is -0.384. The van der Waals surface area contributed by atoms with Crippen LogP contribution in [0.5, 0.6) is 0 Å². The molecule has 106 valence electrons. The van der Waals surface area contributed by atoms with Crippen LogP contribution in [0.1, 0.15) is 24.7 Å². The van der Waals surface area contributed by atoms with Crippen LogP contribution in [-0.4, -0.2) is 20.5 Å². The number of hydrogen-bond acceptors (Lipinski definition) is 4. The molecule has 1 heterocycles. The van der Waals surface area contributed by atoms with Crippen molar-refractivity contribution in [3.63, 3.8) is 0 Å². The highest BCUT2D eigenvalue weighted by Crippen LogP contribution is 2.15. The molecule has 0 radical (unpaired) electrons. The van der Waals surface area contributed by atoms with E-state index in [0.717, 1.165) is 17.8 Å². The third-order valence-corrected chi connectivity index (χ3v) is 3.25. The van der Waals surface area contributed by atoms with Crippen molar-refractivity contribution in [3.05, 3.63) is 58.2 Å². The van der Waals surface area contributed by atoms with Gasteiger partial charge in [0.2, 0.25) is 0 Å². The van der Waals surface area contributed by atoms with Crippen molar-refractivity contribution >= 4 is 5.69 Å². The van der Waals surface area contributed by atoms with Gasteiger partial charge in [-0.15, -0.1) is 0 Å². The summed E-state index contributed by atoms with van der Waals surface area (Å²) in [5, 5.41) is 10.8. The van der Waals surface area contributed by atoms with Crippen molar-refractivity contribution < 1.29 is 4.92 Å². The second-order valence-corrected chi connectivity index (χ2v) is 4.77. The van der Waals surface area contributed by atoms with Crippen LogP contribution < -0.4 is 5.73 Å². The molecule has 6 heteroatoms. The molecular weight excluding hydrogens is 256 g/mol. The molecule has 0 amide bonds. The van der Waals surface area contributed by atoms with Gasteiger partial charge in [0, 0.05) is 43.5 Å². The van der Waals surface area contributed by atoms with Crippen molar-refractivity contribution in [2.45, 2.75) is 32.4 Å². The summed E-state index contributed by atoms with van der Waals surface area (Å²) in [4.78, 5) is 14.7. The first kappa shape index (κ1) is 14.2. The second-order valence-electron chi connectivity index (χ2n) is 4.77. The normalized spacial score (nSPS) is 12.3. The van der Waals surface area contributed by atoms with Gasteiger partial charge >= 0.3 is 0 Å². The predicted molar refractivity (Wildman–Crippen MR) is 76.4 cm³/mol. The molecule has 0 aliphatic rings. The topological polar surface area (TPSA) is 87.0 Å². The van der Waals surface area contributed by atoms with E-state index in [-0.39, 0.29) is 16.7 Å². The third kappa shape index (κ3) is 3.42. The van der Waals surface area contributed by atoms with Gasteiger partial charge in [-0.2, -0.15) is 0 Å².